The summed E-state index contributed by atoms with van der Waals surface area (Å²) >= 11 is 7.11. The van der Waals surface area contributed by atoms with Crippen LogP contribution >= 0.6 is 31.9 Å². The zero-order chi connectivity index (χ0) is 9.76. The summed E-state index contributed by atoms with van der Waals surface area (Å²) in [5.41, 5.74) is 2.98. The van der Waals surface area contributed by atoms with E-state index in [0.717, 1.165) is 22.0 Å². The highest BCUT2D eigenvalue weighted by atomic mass is 79.9. The first-order valence-corrected chi connectivity index (χ1v) is 6.38. The molecule has 1 saturated carbocycles. The number of fused-ring (bicyclic) bond motifs is 1. The number of ether oxygens (including phenoxy) is 1. The van der Waals surface area contributed by atoms with Crippen molar-refractivity contribution in [2.24, 2.45) is 0 Å². The third-order valence-corrected chi connectivity index (χ3v) is 4.26. The van der Waals surface area contributed by atoms with Crippen molar-refractivity contribution >= 4 is 31.9 Å². The Labute approximate surface area is 100 Å². The fraction of sp³-hybridized carbons (Fsp3) is 0.455. The van der Waals surface area contributed by atoms with Gasteiger partial charge in [-0.3, -0.25) is 0 Å². The summed E-state index contributed by atoms with van der Waals surface area (Å²) in [4.78, 5) is 0. The van der Waals surface area contributed by atoms with Crippen molar-refractivity contribution in [3.05, 3.63) is 32.2 Å². The van der Waals surface area contributed by atoms with Crippen molar-refractivity contribution in [1.82, 2.24) is 0 Å². The Bertz CT molecular complexity index is 397. The molecule has 0 saturated heterocycles. The lowest BCUT2D eigenvalue weighted by atomic mass is 9.98. The number of hydrogen-bond donors (Lipinski definition) is 0. The molecule has 0 atom stereocenters. The number of halogens is 2. The van der Waals surface area contributed by atoms with Gasteiger partial charge in [0.05, 0.1) is 12.2 Å². The maximum Gasteiger partial charge on any atom is 0.0738 e. The summed E-state index contributed by atoms with van der Waals surface area (Å²) in [6, 6.07) is 4.32. The molecule has 0 amide bonds. The highest BCUT2D eigenvalue weighted by Crippen LogP contribution is 2.47. The van der Waals surface area contributed by atoms with Crippen molar-refractivity contribution in [2.75, 3.05) is 0 Å². The number of benzene rings is 1. The van der Waals surface area contributed by atoms with E-state index in [2.05, 4.69) is 44.0 Å². The number of rotatable bonds is 0. The van der Waals surface area contributed by atoms with E-state index in [1.165, 1.54) is 24.0 Å². The summed E-state index contributed by atoms with van der Waals surface area (Å²) in [5.74, 6) is 0. The van der Waals surface area contributed by atoms with E-state index in [4.69, 9.17) is 4.74 Å². The van der Waals surface area contributed by atoms with Crippen LogP contribution in [0.15, 0.2) is 21.1 Å². The summed E-state index contributed by atoms with van der Waals surface area (Å²) in [7, 11) is 0. The van der Waals surface area contributed by atoms with Crippen molar-refractivity contribution in [3.8, 4) is 0 Å². The fourth-order valence-electron chi connectivity index (χ4n) is 2.06. The van der Waals surface area contributed by atoms with E-state index in [1.54, 1.807) is 0 Å². The van der Waals surface area contributed by atoms with Crippen LogP contribution in [0.5, 0.6) is 0 Å². The first kappa shape index (κ1) is 9.37. The van der Waals surface area contributed by atoms with Gasteiger partial charge in [-0.2, -0.15) is 0 Å². The van der Waals surface area contributed by atoms with Crippen molar-refractivity contribution < 1.29 is 4.74 Å². The Hall–Kier alpha value is 0.140. The van der Waals surface area contributed by atoms with Crippen molar-refractivity contribution in [3.63, 3.8) is 0 Å². The van der Waals surface area contributed by atoms with Crippen LogP contribution < -0.4 is 0 Å². The SMILES string of the molecule is Brc1cc(Br)c2c(c1)CC1(CC1)OC2. The van der Waals surface area contributed by atoms with Gasteiger partial charge in [0.2, 0.25) is 0 Å². The van der Waals surface area contributed by atoms with Gasteiger partial charge < -0.3 is 4.74 Å². The lowest BCUT2D eigenvalue weighted by Crippen LogP contribution is -2.24. The van der Waals surface area contributed by atoms with Gasteiger partial charge in [-0.25, -0.2) is 0 Å². The maximum atomic E-state index is 5.88. The Balaban J connectivity index is 2.07. The second-order valence-corrected chi connectivity index (χ2v) is 5.94. The average Bonchev–Trinajstić information content (AvgIpc) is 2.83. The third kappa shape index (κ3) is 1.46. The molecule has 0 unspecified atom stereocenters. The van der Waals surface area contributed by atoms with E-state index in [-0.39, 0.29) is 5.60 Å². The molecule has 1 aromatic carbocycles. The van der Waals surface area contributed by atoms with Gasteiger partial charge in [0.25, 0.3) is 0 Å². The summed E-state index contributed by atoms with van der Waals surface area (Å²) in [6.07, 6.45) is 3.55. The molecule has 1 aliphatic heterocycles. The molecular formula is C11H10Br2O. The van der Waals surface area contributed by atoms with E-state index >= 15 is 0 Å². The third-order valence-electron chi connectivity index (χ3n) is 3.10. The Morgan fingerprint density at radius 3 is 2.71 bits per heavy atom. The maximum absolute atomic E-state index is 5.88. The summed E-state index contributed by atoms with van der Waals surface area (Å²) in [6.45, 7) is 0.767. The molecule has 1 spiro atoms. The van der Waals surface area contributed by atoms with Crippen molar-refractivity contribution in [1.29, 1.82) is 0 Å². The fourth-order valence-corrected chi connectivity index (χ4v) is 3.49. The molecule has 2 aliphatic rings. The predicted octanol–water partition coefficient (Wildman–Crippen LogP) is 3.82. The minimum Gasteiger partial charge on any atom is -0.370 e. The average molecular weight is 318 g/mol. The Morgan fingerprint density at radius 1 is 1.21 bits per heavy atom. The zero-order valence-electron chi connectivity index (χ0n) is 7.65. The lowest BCUT2D eigenvalue weighted by Gasteiger charge is -2.26. The van der Waals surface area contributed by atoms with Gasteiger partial charge in [-0.1, -0.05) is 31.9 Å². The molecule has 0 N–H and O–H groups in total. The van der Waals surface area contributed by atoms with Gasteiger partial charge in [0.1, 0.15) is 0 Å². The molecule has 3 rings (SSSR count). The van der Waals surface area contributed by atoms with Crippen LogP contribution in [0.25, 0.3) is 0 Å². The van der Waals surface area contributed by atoms with E-state index < -0.39 is 0 Å². The second-order valence-electron chi connectivity index (χ2n) is 4.17. The number of hydrogen-bond acceptors (Lipinski definition) is 1. The largest absolute Gasteiger partial charge is 0.370 e. The summed E-state index contributed by atoms with van der Waals surface area (Å²) < 4.78 is 8.20. The standard InChI is InChI=1S/C11H10Br2O/c12-8-3-7-5-11(1-2-11)14-6-9(7)10(13)4-8/h3-4H,1-2,5-6H2. The topological polar surface area (TPSA) is 9.23 Å². The van der Waals surface area contributed by atoms with Crippen LogP contribution in [-0.4, -0.2) is 5.60 Å². The monoisotopic (exact) mass is 316 g/mol. The molecule has 1 nitrogen and oxygen atoms in total. The van der Waals surface area contributed by atoms with Crippen LogP contribution in [0.1, 0.15) is 24.0 Å². The molecule has 0 bridgehead atoms. The van der Waals surface area contributed by atoms with Gasteiger partial charge >= 0.3 is 0 Å². The normalized spacial score (nSPS) is 22.1. The molecule has 1 fully saturated rings. The summed E-state index contributed by atoms with van der Waals surface area (Å²) in [5, 5.41) is 0. The Morgan fingerprint density at radius 2 is 2.00 bits per heavy atom. The molecular weight excluding hydrogens is 308 g/mol. The van der Waals surface area contributed by atoms with E-state index in [1.807, 2.05) is 0 Å². The van der Waals surface area contributed by atoms with E-state index in [9.17, 15) is 0 Å². The molecule has 1 aromatic rings. The molecule has 1 aliphatic carbocycles. The van der Waals surface area contributed by atoms with Crippen LogP contribution in [0, 0.1) is 0 Å². The molecule has 0 aromatic heterocycles. The predicted molar refractivity (Wildman–Crippen MR) is 62.3 cm³/mol. The smallest absolute Gasteiger partial charge is 0.0738 e. The van der Waals surface area contributed by atoms with Crippen LogP contribution in [0.3, 0.4) is 0 Å². The van der Waals surface area contributed by atoms with Gasteiger partial charge in [0, 0.05) is 15.4 Å². The van der Waals surface area contributed by atoms with Gasteiger partial charge in [-0.05, 0) is 36.1 Å². The lowest BCUT2D eigenvalue weighted by molar-refractivity contribution is 0.00777. The Kier molecular flexibility index (Phi) is 2.05. The van der Waals surface area contributed by atoms with Gasteiger partial charge in [-0.15, -0.1) is 0 Å². The van der Waals surface area contributed by atoms with Crippen LogP contribution in [-0.2, 0) is 17.8 Å². The molecule has 3 heteroatoms. The van der Waals surface area contributed by atoms with Gasteiger partial charge in [0.15, 0.2) is 0 Å². The first-order valence-electron chi connectivity index (χ1n) is 4.79. The molecule has 0 radical (unpaired) electrons. The van der Waals surface area contributed by atoms with E-state index in [0.29, 0.717) is 0 Å². The first-order chi connectivity index (χ1) is 6.69. The highest BCUT2D eigenvalue weighted by molar-refractivity contribution is 9.11. The second kappa shape index (κ2) is 3.06. The van der Waals surface area contributed by atoms with Crippen molar-refractivity contribution in [2.45, 2.75) is 31.5 Å². The molecule has 14 heavy (non-hydrogen) atoms. The minimum absolute atomic E-state index is 0.216. The molecule has 74 valence electrons. The van der Waals surface area contributed by atoms with Crippen LogP contribution in [0.2, 0.25) is 0 Å². The quantitative estimate of drug-likeness (QED) is 0.707. The van der Waals surface area contributed by atoms with Crippen LogP contribution in [0.4, 0.5) is 0 Å². The minimum atomic E-state index is 0.216. The molecule has 1 heterocycles. The highest BCUT2D eigenvalue weighted by Gasteiger charge is 2.46. The zero-order valence-corrected chi connectivity index (χ0v) is 10.8.